The maximum absolute atomic E-state index is 5.98. The van der Waals surface area contributed by atoms with Crippen molar-refractivity contribution in [2.45, 2.75) is 24.8 Å². The minimum absolute atomic E-state index is 0.362. The number of hydrogen-bond donors (Lipinski definition) is 1. The largest absolute Gasteiger partial charge is 0.370 e. The molecule has 0 amide bonds. The summed E-state index contributed by atoms with van der Waals surface area (Å²) in [5.74, 6) is 1.19. The van der Waals surface area contributed by atoms with Crippen LogP contribution in [-0.4, -0.2) is 31.0 Å². The molecule has 3 nitrogen and oxygen atoms in total. The lowest BCUT2D eigenvalue weighted by molar-refractivity contribution is 0.350. The number of halogens is 1. The highest BCUT2D eigenvalue weighted by atomic mass is 35.5. The van der Waals surface area contributed by atoms with Crippen molar-refractivity contribution < 1.29 is 0 Å². The summed E-state index contributed by atoms with van der Waals surface area (Å²) in [6, 6.07) is 8.44. The maximum atomic E-state index is 5.98. The van der Waals surface area contributed by atoms with Gasteiger partial charge in [0.15, 0.2) is 5.96 Å². The van der Waals surface area contributed by atoms with Gasteiger partial charge in [-0.3, -0.25) is 0 Å². The first-order chi connectivity index (χ1) is 8.06. The fourth-order valence-electron chi connectivity index (χ4n) is 2.03. The average molecular weight is 252 g/mol. The Kier molecular flexibility index (Phi) is 3.57. The van der Waals surface area contributed by atoms with Crippen molar-refractivity contribution in [3.63, 3.8) is 0 Å². The first kappa shape index (κ1) is 12.2. The van der Waals surface area contributed by atoms with E-state index in [0.29, 0.717) is 17.9 Å². The Morgan fingerprint density at radius 3 is 2.71 bits per heavy atom. The fourth-order valence-corrected chi connectivity index (χ4v) is 2.23. The molecule has 2 rings (SSSR count). The molecule has 2 N–H and O–H groups in total. The topological polar surface area (TPSA) is 41.6 Å². The van der Waals surface area contributed by atoms with Crippen LogP contribution in [0.15, 0.2) is 29.3 Å². The monoisotopic (exact) mass is 251 g/mol. The van der Waals surface area contributed by atoms with E-state index in [4.69, 9.17) is 17.3 Å². The van der Waals surface area contributed by atoms with E-state index in [1.807, 2.05) is 37.2 Å². The van der Waals surface area contributed by atoms with Gasteiger partial charge in [-0.15, -0.1) is 0 Å². The molecule has 1 fully saturated rings. The van der Waals surface area contributed by atoms with E-state index < -0.39 is 0 Å². The number of rotatable bonds is 2. The molecule has 1 aliphatic carbocycles. The number of benzene rings is 1. The van der Waals surface area contributed by atoms with E-state index in [1.54, 1.807) is 0 Å². The molecular formula is C13H18ClN3. The summed E-state index contributed by atoms with van der Waals surface area (Å²) in [5.41, 5.74) is 7.10. The predicted octanol–water partition coefficient (Wildman–Crippen LogP) is 2.46. The molecule has 1 saturated carbocycles. The zero-order valence-electron chi connectivity index (χ0n) is 10.2. The summed E-state index contributed by atoms with van der Waals surface area (Å²) in [6.45, 7) is 0. The number of nitrogens with two attached hydrogens (primary N) is 1. The van der Waals surface area contributed by atoms with Crippen LogP contribution in [0, 0.1) is 0 Å². The van der Waals surface area contributed by atoms with Gasteiger partial charge in [0, 0.05) is 19.1 Å². The molecule has 0 aliphatic heterocycles. The van der Waals surface area contributed by atoms with Crippen molar-refractivity contribution in [3.05, 3.63) is 34.9 Å². The van der Waals surface area contributed by atoms with Gasteiger partial charge in [-0.25, -0.2) is 4.99 Å². The van der Waals surface area contributed by atoms with Gasteiger partial charge in [-0.2, -0.15) is 0 Å². The quantitative estimate of drug-likeness (QED) is 0.648. The Bertz CT molecular complexity index is 422. The van der Waals surface area contributed by atoms with Gasteiger partial charge in [0.05, 0.1) is 6.04 Å². The molecule has 0 bridgehead atoms. The third-order valence-corrected chi connectivity index (χ3v) is 3.44. The van der Waals surface area contributed by atoms with E-state index in [1.165, 1.54) is 5.56 Å². The molecule has 0 radical (unpaired) electrons. The SMILES string of the molecule is CN(C)C(N)=NC1CC(c2cccc(Cl)c2)C1. The second kappa shape index (κ2) is 4.96. The van der Waals surface area contributed by atoms with Crippen LogP contribution in [0.1, 0.15) is 24.3 Å². The summed E-state index contributed by atoms with van der Waals surface area (Å²) >= 11 is 5.98. The lowest BCUT2D eigenvalue weighted by Gasteiger charge is -2.33. The van der Waals surface area contributed by atoms with Gasteiger partial charge in [-0.05, 0) is 36.5 Å². The molecule has 0 saturated heterocycles. The zero-order valence-corrected chi connectivity index (χ0v) is 11.0. The maximum Gasteiger partial charge on any atom is 0.190 e. The molecular weight excluding hydrogens is 234 g/mol. The molecule has 17 heavy (non-hydrogen) atoms. The molecule has 0 unspecified atom stereocenters. The highest BCUT2D eigenvalue weighted by molar-refractivity contribution is 6.30. The second-order valence-electron chi connectivity index (χ2n) is 4.76. The Morgan fingerprint density at radius 1 is 1.41 bits per heavy atom. The van der Waals surface area contributed by atoms with Gasteiger partial charge >= 0.3 is 0 Å². The van der Waals surface area contributed by atoms with Crippen LogP contribution in [0.25, 0.3) is 0 Å². The van der Waals surface area contributed by atoms with Crippen molar-refractivity contribution in [2.75, 3.05) is 14.1 Å². The van der Waals surface area contributed by atoms with E-state index in [9.17, 15) is 0 Å². The lowest BCUT2D eigenvalue weighted by Crippen LogP contribution is -2.35. The van der Waals surface area contributed by atoms with Gasteiger partial charge in [0.25, 0.3) is 0 Å². The zero-order chi connectivity index (χ0) is 12.4. The molecule has 0 spiro atoms. The van der Waals surface area contributed by atoms with Gasteiger partial charge in [0.2, 0.25) is 0 Å². The smallest absolute Gasteiger partial charge is 0.190 e. The summed E-state index contributed by atoms with van der Waals surface area (Å²) in [7, 11) is 3.82. The Morgan fingerprint density at radius 2 is 2.12 bits per heavy atom. The number of guanidine groups is 1. The van der Waals surface area contributed by atoms with E-state index in [-0.39, 0.29) is 0 Å². The van der Waals surface area contributed by atoms with E-state index in [0.717, 1.165) is 17.9 Å². The van der Waals surface area contributed by atoms with Crippen LogP contribution in [0.3, 0.4) is 0 Å². The van der Waals surface area contributed by atoms with Crippen molar-refractivity contribution in [1.29, 1.82) is 0 Å². The third-order valence-electron chi connectivity index (χ3n) is 3.21. The van der Waals surface area contributed by atoms with E-state index in [2.05, 4.69) is 11.1 Å². The molecule has 0 aromatic heterocycles. The number of hydrogen-bond acceptors (Lipinski definition) is 1. The van der Waals surface area contributed by atoms with Crippen LogP contribution >= 0.6 is 11.6 Å². The minimum Gasteiger partial charge on any atom is -0.370 e. The van der Waals surface area contributed by atoms with Crippen LogP contribution in [0.4, 0.5) is 0 Å². The minimum atomic E-state index is 0.362. The highest BCUT2D eigenvalue weighted by Crippen LogP contribution is 2.39. The van der Waals surface area contributed by atoms with Crippen LogP contribution in [0.5, 0.6) is 0 Å². The molecule has 1 aliphatic rings. The molecule has 0 atom stereocenters. The van der Waals surface area contributed by atoms with Gasteiger partial charge in [-0.1, -0.05) is 23.7 Å². The van der Waals surface area contributed by atoms with Gasteiger partial charge in [0.1, 0.15) is 0 Å². The average Bonchev–Trinajstić information content (AvgIpc) is 2.22. The van der Waals surface area contributed by atoms with Crippen LogP contribution < -0.4 is 5.73 Å². The predicted molar refractivity (Wildman–Crippen MR) is 72.5 cm³/mol. The summed E-state index contributed by atoms with van der Waals surface area (Å²) in [4.78, 5) is 6.31. The Balaban J connectivity index is 1.93. The standard InChI is InChI=1S/C13H18ClN3/c1-17(2)13(15)16-12-7-10(8-12)9-4-3-5-11(14)6-9/h3-6,10,12H,7-8H2,1-2H3,(H2,15,16). The Labute approximate surface area is 107 Å². The summed E-state index contributed by atoms with van der Waals surface area (Å²) in [5, 5.41) is 0.808. The second-order valence-corrected chi connectivity index (χ2v) is 5.20. The number of nitrogens with zero attached hydrogens (tertiary/aromatic N) is 2. The highest BCUT2D eigenvalue weighted by Gasteiger charge is 2.30. The first-order valence-corrected chi connectivity index (χ1v) is 6.20. The van der Waals surface area contributed by atoms with Crippen LogP contribution in [0.2, 0.25) is 5.02 Å². The van der Waals surface area contributed by atoms with Gasteiger partial charge < -0.3 is 10.6 Å². The van der Waals surface area contributed by atoms with Crippen molar-refractivity contribution in [1.82, 2.24) is 4.90 Å². The summed E-state index contributed by atoms with van der Waals surface area (Å²) < 4.78 is 0. The van der Waals surface area contributed by atoms with E-state index >= 15 is 0 Å². The molecule has 92 valence electrons. The summed E-state index contributed by atoms with van der Waals surface area (Å²) in [6.07, 6.45) is 2.13. The molecule has 1 aromatic rings. The van der Waals surface area contributed by atoms with Crippen LogP contribution in [-0.2, 0) is 0 Å². The van der Waals surface area contributed by atoms with Crippen molar-refractivity contribution in [2.24, 2.45) is 10.7 Å². The van der Waals surface area contributed by atoms with Crippen molar-refractivity contribution in [3.8, 4) is 0 Å². The fraction of sp³-hybridized carbons (Fsp3) is 0.462. The van der Waals surface area contributed by atoms with Crippen molar-refractivity contribution >= 4 is 17.6 Å². The first-order valence-electron chi connectivity index (χ1n) is 5.82. The molecule has 1 aromatic carbocycles. The lowest BCUT2D eigenvalue weighted by atomic mass is 9.76. The third kappa shape index (κ3) is 2.91. The molecule has 4 heteroatoms. The normalized spacial score (nSPS) is 24.3. The number of aliphatic imine (C=N–C) groups is 1. The Hall–Kier alpha value is -1.22. The molecule has 0 heterocycles.